The summed E-state index contributed by atoms with van der Waals surface area (Å²) in [6.45, 7) is 5.60. The molecule has 0 saturated heterocycles. The first-order valence-corrected chi connectivity index (χ1v) is 13.4. The number of benzene rings is 3. The summed E-state index contributed by atoms with van der Waals surface area (Å²) in [7, 11) is -3.15. The van der Waals surface area contributed by atoms with Crippen LogP contribution in [-0.4, -0.2) is 43.3 Å². The van der Waals surface area contributed by atoms with Crippen LogP contribution in [0.5, 0.6) is 0 Å². The van der Waals surface area contributed by atoms with E-state index in [-0.39, 0.29) is 18.1 Å². The number of aliphatic hydroxyl groups is 2. The summed E-state index contributed by atoms with van der Waals surface area (Å²) in [5.41, 5.74) is 0.331. The van der Waals surface area contributed by atoms with Gasteiger partial charge in [-0.15, -0.1) is 0 Å². The van der Waals surface area contributed by atoms with E-state index in [1.54, 1.807) is 92.7 Å². The maximum absolute atomic E-state index is 10.2. The third-order valence-corrected chi connectivity index (χ3v) is 7.42. The third kappa shape index (κ3) is 11.1. The first-order chi connectivity index (χ1) is 16.6. The van der Waals surface area contributed by atoms with Crippen LogP contribution in [-0.2, 0) is 0 Å². The van der Waals surface area contributed by atoms with Crippen molar-refractivity contribution < 1.29 is 29.9 Å². The molecule has 0 radical (unpaired) electrons. The normalized spacial score (nSPS) is 13.2. The molecule has 190 valence electrons. The summed E-state index contributed by atoms with van der Waals surface area (Å²) in [6.07, 6.45) is 2.35. The van der Waals surface area contributed by atoms with E-state index < -0.39 is 13.7 Å². The summed E-state index contributed by atoms with van der Waals surface area (Å²) in [5, 5.41) is 28.0. The monoisotopic (exact) mass is 501 g/mol. The molecule has 35 heavy (non-hydrogen) atoms. The zero-order chi connectivity index (χ0) is 26.3. The third-order valence-electron chi connectivity index (χ3n) is 5.38. The van der Waals surface area contributed by atoms with Gasteiger partial charge in [-0.2, -0.15) is 0 Å². The highest BCUT2D eigenvalue weighted by Gasteiger charge is 2.39. The Bertz CT molecular complexity index is 897. The second kappa shape index (κ2) is 16.1. The van der Waals surface area contributed by atoms with Gasteiger partial charge in [0.1, 0.15) is 0 Å². The van der Waals surface area contributed by atoms with E-state index in [2.05, 4.69) is 6.92 Å². The minimum atomic E-state index is -3.15. The molecule has 0 bridgehead atoms. The minimum Gasteiger partial charge on any atom is -0.478 e. The van der Waals surface area contributed by atoms with Crippen molar-refractivity contribution in [2.45, 2.75) is 52.2 Å². The molecule has 3 aromatic carbocycles. The molecule has 2 unspecified atom stereocenters. The van der Waals surface area contributed by atoms with E-state index in [4.69, 9.17) is 5.11 Å². The number of unbranched alkanes of at least 4 members (excludes halogenated alkanes) is 1. The maximum Gasteiger partial charge on any atom is 0.335 e. The molecule has 0 fully saturated rings. The number of hydrogen-bond acceptors (Lipinski definition) is 5. The van der Waals surface area contributed by atoms with E-state index in [1.165, 1.54) is 0 Å². The Morgan fingerprint density at radius 1 is 0.743 bits per heavy atom. The Labute approximate surface area is 209 Å². The van der Waals surface area contributed by atoms with Gasteiger partial charge in [0.15, 0.2) is 10.6 Å². The first-order valence-electron chi connectivity index (χ1n) is 11.7. The number of aromatic carboxylic acids is 1. The Kier molecular flexibility index (Phi) is 14.0. The molecule has 0 aliphatic carbocycles. The fraction of sp³-hybridized carbons (Fsp3) is 0.321. The van der Waals surface area contributed by atoms with Crippen LogP contribution in [0.1, 0.15) is 50.4 Å². The lowest BCUT2D eigenvalue weighted by Crippen LogP contribution is -2.27. The molecule has 0 amide bonds. The van der Waals surface area contributed by atoms with Gasteiger partial charge in [-0.05, 0) is 56.7 Å². The molecule has 2 atom stereocenters. The molecule has 6 nitrogen and oxygen atoms in total. The fourth-order valence-corrected chi connectivity index (χ4v) is 4.80. The highest BCUT2D eigenvalue weighted by molar-refractivity contribution is 7.79. The molecule has 3 aromatic rings. The maximum atomic E-state index is 10.2. The van der Waals surface area contributed by atoms with Crippen molar-refractivity contribution >= 4 is 24.3 Å². The van der Waals surface area contributed by atoms with Crippen molar-refractivity contribution in [3.63, 3.8) is 0 Å². The quantitative estimate of drug-likeness (QED) is 0.292. The summed E-state index contributed by atoms with van der Waals surface area (Å²) in [4.78, 5) is 30.4. The Morgan fingerprint density at radius 3 is 1.40 bits per heavy atom. The van der Waals surface area contributed by atoms with Crippen LogP contribution >= 0.6 is 7.72 Å². The van der Waals surface area contributed by atoms with Gasteiger partial charge >= 0.3 is 13.7 Å². The molecule has 5 N–H and O–H groups in total. The van der Waals surface area contributed by atoms with Crippen LogP contribution < -0.4 is 10.6 Å². The van der Waals surface area contributed by atoms with Crippen LogP contribution in [0, 0.1) is 5.92 Å². The van der Waals surface area contributed by atoms with Crippen LogP contribution in [0.25, 0.3) is 0 Å². The average Bonchev–Trinajstić information content (AvgIpc) is 2.86. The molecular weight excluding hydrogens is 463 g/mol. The molecule has 0 heterocycles. The van der Waals surface area contributed by atoms with Crippen molar-refractivity contribution in [3.8, 4) is 0 Å². The fourth-order valence-electron chi connectivity index (χ4n) is 3.33. The number of aliphatic hydroxyl groups excluding tert-OH is 2. The summed E-state index contributed by atoms with van der Waals surface area (Å²) in [6, 6.07) is 26.2. The standard InChI is InChI=1S/C12H12O2P.C9H20O2.C7H6O2/c13-15(14,11-7-3-1-4-8-11)12-9-5-2-6-10-12;1-4-5-6-9(7(2)10)8(3)11;8-7(9)6-4-2-1-3-5-6/h1-10,13-14H;7-11H,4-6H2,1-3H3;1-5H,(H,8,9)/q+1;;. The first kappa shape index (κ1) is 30.4. The summed E-state index contributed by atoms with van der Waals surface area (Å²) < 4.78 is 0. The van der Waals surface area contributed by atoms with Gasteiger partial charge in [-0.25, -0.2) is 14.6 Å². The van der Waals surface area contributed by atoms with Gasteiger partial charge in [-0.1, -0.05) is 74.4 Å². The SMILES string of the molecule is CCCCC(C(C)O)C(C)O.O=C(O)c1ccccc1.O[P+](O)(c1ccccc1)c1ccccc1. The second-order valence-corrected chi connectivity index (χ2v) is 10.5. The lowest BCUT2D eigenvalue weighted by Gasteiger charge is -2.22. The molecule has 0 saturated carbocycles. The lowest BCUT2D eigenvalue weighted by atomic mass is 9.92. The van der Waals surface area contributed by atoms with Crippen molar-refractivity contribution in [2.75, 3.05) is 0 Å². The van der Waals surface area contributed by atoms with Crippen molar-refractivity contribution in [3.05, 3.63) is 96.6 Å². The number of rotatable bonds is 8. The number of carbonyl (C=O) groups is 1. The predicted molar refractivity (Wildman–Crippen MR) is 143 cm³/mol. The molecule has 0 spiro atoms. The smallest absolute Gasteiger partial charge is 0.335 e. The van der Waals surface area contributed by atoms with Crippen LogP contribution in [0.2, 0.25) is 0 Å². The van der Waals surface area contributed by atoms with Crippen molar-refractivity contribution in [2.24, 2.45) is 5.92 Å². The van der Waals surface area contributed by atoms with Gasteiger partial charge in [-0.3, -0.25) is 0 Å². The second-order valence-electron chi connectivity index (χ2n) is 8.23. The van der Waals surface area contributed by atoms with Crippen LogP contribution in [0.4, 0.5) is 0 Å². The van der Waals surface area contributed by atoms with E-state index >= 15 is 0 Å². The zero-order valence-corrected chi connectivity index (χ0v) is 21.5. The van der Waals surface area contributed by atoms with Gasteiger partial charge < -0.3 is 15.3 Å². The molecule has 0 aromatic heterocycles. The molecule has 0 aliphatic rings. The van der Waals surface area contributed by atoms with E-state index in [9.17, 15) is 24.8 Å². The Morgan fingerprint density at radius 2 is 1.11 bits per heavy atom. The Balaban J connectivity index is 0.000000273. The molecule has 0 aliphatic heterocycles. The molecule has 7 heteroatoms. The molecular formula is C28H38O6P+. The highest BCUT2D eigenvalue weighted by atomic mass is 31.2. The van der Waals surface area contributed by atoms with E-state index in [0.29, 0.717) is 16.2 Å². The predicted octanol–water partition coefficient (Wildman–Crippen LogP) is 4.41. The highest BCUT2D eigenvalue weighted by Crippen LogP contribution is 2.46. The number of hydrogen-bond donors (Lipinski definition) is 5. The summed E-state index contributed by atoms with van der Waals surface area (Å²) >= 11 is 0. The molecule has 3 rings (SSSR count). The Hall–Kier alpha value is -2.60. The number of carboxylic acids is 1. The van der Waals surface area contributed by atoms with Gasteiger partial charge in [0.25, 0.3) is 0 Å². The minimum absolute atomic E-state index is 0.0509. The number of carboxylic acid groups (broad SMARTS) is 1. The largest absolute Gasteiger partial charge is 0.478 e. The van der Waals surface area contributed by atoms with Crippen molar-refractivity contribution in [1.29, 1.82) is 0 Å². The topological polar surface area (TPSA) is 118 Å². The van der Waals surface area contributed by atoms with E-state index in [0.717, 1.165) is 19.3 Å². The van der Waals surface area contributed by atoms with Gasteiger partial charge in [0.05, 0.1) is 17.8 Å². The van der Waals surface area contributed by atoms with Crippen molar-refractivity contribution in [1.82, 2.24) is 0 Å². The van der Waals surface area contributed by atoms with Crippen LogP contribution in [0.3, 0.4) is 0 Å². The van der Waals surface area contributed by atoms with E-state index in [1.807, 2.05) is 12.1 Å². The van der Waals surface area contributed by atoms with Gasteiger partial charge in [0.2, 0.25) is 0 Å². The zero-order valence-electron chi connectivity index (χ0n) is 20.6. The summed E-state index contributed by atoms with van der Waals surface area (Å²) in [5.74, 6) is -0.828. The van der Waals surface area contributed by atoms with Gasteiger partial charge in [0, 0.05) is 5.92 Å². The lowest BCUT2D eigenvalue weighted by molar-refractivity contribution is 0.0261. The van der Waals surface area contributed by atoms with Crippen LogP contribution in [0.15, 0.2) is 91.0 Å². The average molecular weight is 502 g/mol.